The van der Waals surface area contributed by atoms with Gasteiger partial charge in [-0.3, -0.25) is 0 Å². The summed E-state index contributed by atoms with van der Waals surface area (Å²) in [5, 5.41) is 0. The van der Waals surface area contributed by atoms with Gasteiger partial charge in [-0.05, 0) is 42.6 Å². The molecule has 1 aromatic carbocycles. The van der Waals surface area contributed by atoms with E-state index < -0.39 is 0 Å². The topological polar surface area (TPSA) is 0 Å². The Morgan fingerprint density at radius 3 is 2.28 bits per heavy atom. The van der Waals surface area contributed by atoms with Crippen LogP contribution < -0.4 is 0 Å². The molecule has 0 bridgehead atoms. The minimum absolute atomic E-state index is 0.266. The third-order valence-corrected chi connectivity index (χ3v) is 5.77. The van der Waals surface area contributed by atoms with Crippen molar-refractivity contribution >= 4 is 15.9 Å². The lowest BCUT2D eigenvalue weighted by Gasteiger charge is -2.42. The summed E-state index contributed by atoms with van der Waals surface area (Å²) in [4.78, 5) is 0.664. The van der Waals surface area contributed by atoms with Gasteiger partial charge in [0.2, 0.25) is 0 Å². The molecule has 2 rings (SSSR count). The number of benzene rings is 1. The Labute approximate surface area is 120 Å². The normalized spacial score (nSPS) is 29.3. The van der Waals surface area contributed by atoms with E-state index in [4.69, 9.17) is 0 Å². The zero-order valence-electron chi connectivity index (χ0n) is 12.0. The number of halogens is 1. The van der Waals surface area contributed by atoms with Gasteiger partial charge >= 0.3 is 0 Å². The lowest BCUT2D eigenvalue weighted by molar-refractivity contribution is 0.214. The third-order valence-electron chi connectivity index (χ3n) is 4.76. The summed E-state index contributed by atoms with van der Waals surface area (Å²) >= 11 is 3.94. The average Bonchev–Trinajstić information content (AvgIpc) is 2.29. The molecule has 0 heterocycles. The largest absolute Gasteiger partial charge is 0.0887 e. The van der Waals surface area contributed by atoms with Crippen molar-refractivity contribution in [2.45, 2.75) is 57.2 Å². The zero-order chi connectivity index (χ0) is 13.3. The lowest BCUT2D eigenvalue weighted by Crippen LogP contribution is -2.38. The average molecular weight is 309 g/mol. The van der Waals surface area contributed by atoms with Crippen LogP contribution >= 0.6 is 15.9 Å². The van der Waals surface area contributed by atoms with E-state index >= 15 is 0 Å². The van der Waals surface area contributed by atoms with Gasteiger partial charge < -0.3 is 0 Å². The molecule has 0 spiro atoms. The first-order valence-corrected chi connectivity index (χ1v) is 8.04. The van der Waals surface area contributed by atoms with Gasteiger partial charge in [0.1, 0.15) is 0 Å². The molecule has 18 heavy (non-hydrogen) atoms. The van der Waals surface area contributed by atoms with Crippen LogP contribution in [-0.2, 0) is 5.41 Å². The molecule has 1 aromatic rings. The number of hydrogen-bond donors (Lipinski definition) is 0. The Bertz CT molecular complexity index is 391. The van der Waals surface area contributed by atoms with Crippen molar-refractivity contribution in [3.8, 4) is 0 Å². The van der Waals surface area contributed by atoms with Crippen LogP contribution in [0.25, 0.3) is 0 Å². The fourth-order valence-electron chi connectivity index (χ4n) is 3.32. The third kappa shape index (κ3) is 2.82. The first kappa shape index (κ1) is 14.1. The molecule has 0 nitrogen and oxygen atoms in total. The predicted octanol–water partition coefficient (Wildman–Crippen LogP) is 5.47. The van der Waals surface area contributed by atoms with Gasteiger partial charge in [-0.2, -0.15) is 0 Å². The highest BCUT2D eigenvalue weighted by Gasteiger charge is 2.38. The van der Waals surface area contributed by atoms with Crippen molar-refractivity contribution < 1.29 is 0 Å². The Kier molecular flexibility index (Phi) is 4.21. The van der Waals surface area contributed by atoms with Crippen LogP contribution in [0.1, 0.15) is 51.2 Å². The molecule has 1 heteroatoms. The van der Waals surface area contributed by atoms with Gasteiger partial charge in [0.05, 0.1) is 0 Å². The molecule has 1 saturated carbocycles. The molecule has 1 aliphatic carbocycles. The van der Waals surface area contributed by atoms with E-state index in [-0.39, 0.29) is 5.41 Å². The predicted molar refractivity (Wildman–Crippen MR) is 83.4 cm³/mol. The molecule has 100 valence electrons. The second kappa shape index (κ2) is 5.36. The monoisotopic (exact) mass is 308 g/mol. The summed E-state index contributed by atoms with van der Waals surface area (Å²) in [6.45, 7) is 9.36. The molecule has 0 amide bonds. The van der Waals surface area contributed by atoms with Crippen molar-refractivity contribution in [2.24, 2.45) is 11.8 Å². The van der Waals surface area contributed by atoms with Crippen molar-refractivity contribution in [3.63, 3.8) is 0 Å². The highest BCUT2D eigenvalue weighted by atomic mass is 79.9. The highest BCUT2D eigenvalue weighted by Crippen LogP contribution is 2.45. The maximum Gasteiger partial charge on any atom is 0.0184 e. The van der Waals surface area contributed by atoms with Crippen molar-refractivity contribution in [1.29, 1.82) is 0 Å². The maximum absolute atomic E-state index is 3.94. The minimum atomic E-state index is 0.266. The fourth-order valence-corrected chi connectivity index (χ4v) is 4.88. The van der Waals surface area contributed by atoms with Gasteiger partial charge in [0.15, 0.2) is 0 Å². The summed E-state index contributed by atoms with van der Waals surface area (Å²) in [6.07, 6.45) is 4.04. The van der Waals surface area contributed by atoms with E-state index in [2.05, 4.69) is 67.9 Å². The van der Waals surface area contributed by atoms with E-state index in [9.17, 15) is 0 Å². The van der Waals surface area contributed by atoms with E-state index in [1.54, 1.807) is 0 Å². The Balaban J connectivity index is 2.22. The van der Waals surface area contributed by atoms with Crippen molar-refractivity contribution in [2.75, 3.05) is 0 Å². The Morgan fingerprint density at radius 1 is 1.11 bits per heavy atom. The van der Waals surface area contributed by atoms with E-state index in [0.29, 0.717) is 4.83 Å². The number of alkyl halides is 1. The second-order valence-electron chi connectivity index (χ2n) is 6.63. The summed E-state index contributed by atoms with van der Waals surface area (Å²) < 4.78 is 0. The molecular weight excluding hydrogens is 284 g/mol. The summed E-state index contributed by atoms with van der Waals surface area (Å²) in [5.74, 6) is 1.62. The first-order chi connectivity index (χ1) is 8.41. The highest BCUT2D eigenvalue weighted by molar-refractivity contribution is 9.09. The van der Waals surface area contributed by atoms with Crippen LogP contribution in [0.3, 0.4) is 0 Å². The molecule has 0 aliphatic heterocycles. The SMILES string of the molecule is Cc1ccc(C(C)(C)C2CCC(C)CC2Br)cc1. The van der Waals surface area contributed by atoms with Crippen LogP contribution in [0.4, 0.5) is 0 Å². The summed E-state index contributed by atoms with van der Waals surface area (Å²) in [5.41, 5.74) is 3.10. The van der Waals surface area contributed by atoms with Gasteiger partial charge in [-0.15, -0.1) is 0 Å². The standard InChI is InChI=1S/C17H25Br/c1-12-5-8-14(9-6-12)17(3,4)15-10-7-13(2)11-16(15)18/h5-6,8-9,13,15-16H,7,10-11H2,1-4H3. The zero-order valence-corrected chi connectivity index (χ0v) is 13.6. The van der Waals surface area contributed by atoms with Gasteiger partial charge in [0.25, 0.3) is 0 Å². The molecule has 3 atom stereocenters. The Morgan fingerprint density at radius 2 is 1.72 bits per heavy atom. The molecule has 1 fully saturated rings. The fraction of sp³-hybridized carbons (Fsp3) is 0.647. The number of rotatable bonds is 2. The molecule has 0 aromatic heterocycles. The van der Waals surface area contributed by atoms with Crippen LogP contribution in [0.2, 0.25) is 0 Å². The van der Waals surface area contributed by atoms with E-state index in [1.165, 1.54) is 30.4 Å². The molecule has 1 aliphatic rings. The van der Waals surface area contributed by atoms with Crippen molar-refractivity contribution in [3.05, 3.63) is 35.4 Å². The van der Waals surface area contributed by atoms with Crippen LogP contribution in [0, 0.1) is 18.8 Å². The molecule has 0 saturated heterocycles. The van der Waals surface area contributed by atoms with Crippen LogP contribution in [-0.4, -0.2) is 4.83 Å². The van der Waals surface area contributed by atoms with Crippen LogP contribution in [0.15, 0.2) is 24.3 Å². The smallest absolute Gasteiger partial charge is 0.0184 e. The number of aryl methyl sites for hydroxylation is 1. The molecule has 3 unspecified atom stereocenters. The molecule has 0 N–H and O–H groups in total. The van der Waals surface area contributed by atoms with E-state index in [0.717, 1.165) is 11.8 Å². The summed E-state index contributed by atoms with van der Waals surface area (Å²) in [6, 6.07) is 9.11. The molecular formula is C17H25Br. The van der Waals surface area contributed by atoms with Crippen molar-refractivity contribution in [1.82, 2.24) is 0 Å². The molecule has 0 radical (unpaired) electrons. The van der Waals surface area contributed by atoms with Crippen LogP contribution in [0.5, 0.6) is 0 Å². The van der Waals surface area contributed by atoms with Gasteiger partial charge in [0, 0.05) is 4.83 Å². The van der Waals surface area contributed by atoms with Gasteiger partial charge in [-0.25, -0.2) is 0 Å². The van der Waals surface area contributed by atoms with Gasteiger partial charge in [-0.1, -0.05) is 73.0 Å². The second-order valence-corrected chi connectivity index (χ2v) is 7.80. The first-order valence-electron chi connectivity index (χ1n) is 7.12. The maximum atomic E-state index is 3.94. The minimum Gasteiger partial charge on any atom is -0.0887 e. The van der Waals surface area contributed by atoms with E-state index in [1.807, 2.05) is 0 Å². The lowest BCUT2D eigenvalue weighted by atomic mass is 9.66. The number of hydrogen-bond acceptors (Lipinski definition) is 0. The Hall–Kier alpha value is -0.300. The summed E-state index contributed by atoms with van der Waals surface area (Å²) in [7, 11) is 0. The quantitative estimate of drug-likeness (QED) is 0.635.